The Kier molecular flexibility index (Phi) is 4.34. The molecule has 0 radical (unpaired) electrons. The van der Waals surface area contributed by atoms with Crippen molar-refractivity contribution >= 4 is 5.69 Å². The van der Waals surface area contributed by atoms with E-state index >= 15 is 0 Å². The average Bonchev–Trinajstić information content (AvgIpc) is 2.55. The van der Waals surface area contributed by atoms with E-state index < -0.39 is 0 Å². The van der Waals surface area contributed by atoms with Gasteiger partial charge in [0, 0.05) is 24.3 Å². The van der Waals surface area contributed by atoms with Crippen molar-refractivity contribution in [2.75, 3.05) is 19.0 Å². The van der Waals surface area contributed by atoms with E-state index in [9.17, 15) is 0 Å². The lowest BCUT2D eigenvalue weighted by molar-refractivity contribution is -0.134. The lowest BCUT2D eigenvalue weighted by atomic mass is 9.55. The third-order valence-corrected chi connectivity index (χ3v) is 5.23. The molecule has 3 rings (SSSR count). The molecule has 2 aliphatic rings. The fourth-order valence-corrected chi connectivity index (χ4v) is 4.12. The summed E-state index contributed by atoms with van der Waals surface area (Å²) in [6.45, 7) is 2.91. The van der Waals surface area contributed by atoms with Crippen LogP contribution in [0.5, 0.6) is 5.88 Å². The topological polar surface area (TPSA) is 43.4 Å². The van der Waals surface area contributed by atoms with E-state index in [0.717, 1.165) is 18.7 Å². The maximum Gasteiger partial charge on any atom is 0.237 e. The number of hydrogen-bond acceptors (Lipinski definition) is 4. The Bertz CT molecular complexity index is 472. The highest BCUT2D eigenvalue weighted by atomic mass is 16.5. The first-order valence-electron chi connectivity index (χ1n) is 8.17. The molecule has 4 nitrogen and oxygen atoms in total. The molecular formula is C17H26N2O2. The van der Waals surface area contributed by atoms with Crippen LogP contribution in [0.1, 0.15) is 45.4 Å². The van der Waals surface area contributed by atoms with Gasteiger partial charge in [-0.2, -0.15) is 0 Å². The second-order valence-electron chi connectivity index (χ2n) is 6.23. The number of hydrogen-bond donors (Lipinski definition) is 1. The highest BCUT2D eigenvalue weighted by Crippen LogP contribution is 2.54. The summed E-state index contributed by atoms with van der Waals surface area (Å²) in [4.78, 5) is 4.28. The molecule has 21 heavy (non-hydrogen) atoms. The molecule has 2 saturated carbocycles. The summed E-state index contributed by atoms with van der Waals surface area (Å²) in [5.41, 5.74) is 1.32. The van der Waals surface area contributed by atoms with E-state index in [0.29, 0.717) is 23.4 Å². The molecular weight excluding hydrogens is 264 g/mol. The molecule has 1 aromatic rings. The van der Waals surface area contributed by atoms with Crippen LogP contribution in [-0.4, -0.2) is 30.8 Å². The quantitative estimate of drug-likeness (QED) is 0.899. The van der Waals surface area contributed by atoms with Gasteiger partial charge in [0.2, 0.25) is 5.88 Å². The Morgan fingerprint density at radius 1 is 1.33 bits per heavy atom. The fraction of sp³-hybridized carbons (Fsp3) is 0.706. The van der Waals surface area contributed by atoms with Crippen LogP contribution in [0.3, 0.4) is 0 Å². The zero-order chi connectivity index (χ0) is 14.7. The Labute approximate surface area is 127 Å². The van der Waals surface area contributed by atoms with E-state index in [4.69, 9.17) is 9.47 Å². The number of pyridine rings is 1. The van der Waals surface area contributed by atoms with Gasteiger partial charge < -0.3 is 14.8 Å². The first-order valence-corrected chi connectivity index (χ1v) is 8.17. The van der Waals surface area contributed by atoms with Gasteiger partial charge >= 0.3 is 0 Å². The van der Waals surface area contributed by atoms with Crippen molar-refractivity contribution in [2.24, 2.45) is 5.41 Å². The molecule has 0 aliphatic heterocycles. The van der Waals surface area contributed by atoms with Gasteiger partial charge in [-0.05, 0) is 38.3 Å². The molecule has 1 aromatic heterocycles. The molecule has 116 valence electrons. The van der Waals surface area contributed by atoms with Crippen molar-refractivity contribution in [2.45, 2.75) is 57.6 Å². The van der Waals surface area contributed by atoms with E-state index in [1.807, 2.05) is 6.07 Å². The SMILES string of the molecule is CCOC1CC(Nc2cccnc2OC)C12CCCCC2. The molecule has 1 spiro atoms. The first-order chi connectivity index (χ1) is 10.3. The standard InChI is InChI=1S/C17H26N2O2/c1-3-21-15-12-14(17(15)9-5-4-6-10-17)19-13-8-7-11-18-16(13)20-2/h7-8,11,14-15,19H,3-6,9-10,12H2,1-2H3. The van der Waals surface area contributed by atoms with Crippen molar-refractivity contribution in [1.82, 2.24) is 4.98 Å². The van der Waals surface area contributed by atoms with Gasteiger partial charge in [-0.15, -0.1) is 0 Å². The minimum absolute atomic E-state index is 0.315. The largest absolute Gasteiger partial charge is 0.480 e. The highest BCUT2D eigenvalue weighted by molar-refractivity contribution is 5.53. The highest BCUT2D eigenvalue weighted by Gasteiger charge is 2.55. The maximum atomic E-state index is 6.01. The van der Waals surface area contributed by atoms with Gasteiger partial charge in [0.15, 0.2) is 0 Å². The van der Waals surface area contributed by atoms with Gasteiger partial charge in [0.25, 0.3) is 0 Å². The fourth-order valence-electron chi connectivity index (χ4n) is 4.12. The molecule has 1 heterocycles. The zero-order valence-electron chi connectivity index (χ0n) is 13.1. The lowest BCUT2D eigenvalue weighted by Gasteiger charge is -2.58. The van der Waals surface area contributed by atoms with Gasteiger partial charge in [0.1, 0.15) is 0 Å². The van der Waals surface area contributed by atoms with Crippen molar-refractivity contribution in [3.63, 3.8) is 0 Å². The number of anilines is 1. The predicted molar refractivity (Wildman–Crippen MR) is 83.7 cm³/mol. The zero-order valence-corrected chi connectivity index (χ0v) is 13.1. The molecule has 0 aromatic carbocycles. The Balaban J connectivity index is 1.75. The third-order valence-electron chi connectivity index (χ3n) is 5.23. The lowest BCUT2D eigenvalue weighted by Crippen LogP contribution is -2.62. The van der Waals surface area contributed by atoms with Crippen LogP contribution in [0.15, 0.2) is 18.3 Å². The van der Waals surface area contributed by atoms with Crippen LogP contribution in [0, 0.1) is 5.41 Å². The molecule has 0 bridgehead atoms. The molecule has 0 saturated heterocycles. The van der Waals surface area contributed by atoms with Gasteiger partial charge in [0.05, 0.1) is 18.9 Å². The summed E-state index contributed by atoms with van der Waals surface area (Å²) in [5.74, 6) is 0.684. The average molecular weight is 290 g/mol. The number of nitrogens with zero attached hydrogens (tertiary/aromatic N) is 1. The molecule has 2 aliphatic carbocycles. The number of methoxy groups -OCH3 is 1. The monoisotopic (exact) mass is 290 g/mol. The minimum atomic E-state index is 0.315. The van der Waals surface area contributed by atoms with Crippen LogP contribution < -0.4 is 10.1 Å². The van der Waals surface area contributed by atoms with Gasteiger partial charge in [-0.3, -0.25) is 0 Å². The molecule has 2 atom stereocenters. The number of aromatic nitrogens is 1. The summed E-state index contributed by atoms with van der Waals surface area (Å²) < 4.78 is 11.4. The second kappa shape index (κ2) is 6.22. The first kappa shape index (κ1) is 14.6. The van der Waals surface area contributed by atoms with Crippen LogP contribution in [0.25, 0.3) is 0 Å². The van der Waals surface area contributed by atoms with Crippen LogP contribution in [-0.2, 0) is 4.74 Å². The second-order valence-corrected chi connectivity index (χ2v) is 6.23. The Morgan fingerprint density at radius 3 is 2.86 bits per heavy atom. The van der Waals surface area contributed by atoms with Gasteiger partial charge in [-0.25, -0.2) is 4.98 Å². The minimum Gasteiger partial charge on any atom is -0.480 e. The Hall–Kier alpha value is -1.29. The van der Waals surface area contributed by atoms with E-state index in [1.54, 1.807) is 13.3 Å². The number of ether oxygens (including phenoxy) is 2. The maximum absolute atomic E-state index is 6.01. The summed E-state index contributed by atoms with van der Waals surface area (Å²) in [6.07, 6.45) is 9.84. The van der Waals surface area contributed by atoms with E-state index in [-0.39, 0.29) is 0 Å². The smallest absolute Gasteiger partial charge is 0.237 e. The summed E-state index contributed by atoms with van der Waals surface area (Å²) >= 11 is 0. The van der Waals surface area contributed by atoms with Crippen LogP contribution in [0.2, 0.25) is 0 Å². The molecule has 2 unspecified atom stereocenters. The normalized spacial score (nSPS) is 27.1. The number of nitrogens with one attached hydrogen (secondary N) is 1. The molecule has 0 amide bonds. The third kappa shape index (κ3) is 2.61. The van der Waals surface area contributed by atoms with Crippen molar-refractivity contribution in [3.05, 3.63) is 18.3 Å². The van der Waals surface area contributed by atoms with Gasteiger partial charge in [-0.1, -0.05) is 19.3 Å². The van der Waals surface area contributed by atoms with E-state index in [1.165, 1.54) is 32.1 Å². The van der Waals surface area contributed by atoms with E-state index in [2.05, 4.69) is 23.3 Å². The predicted octanol–water partition coefficient (Wildman–Crippen LogP) is 3.63. The van der Waals surface area contributed by atoms with Crippen molar-refractivity contribution in [3.8, 4) is 5.88 Å². The van der Waals surface area contributed by atoms with Crippen LogP contribution >= 0.6 is 0 Å². The molecule has 2 fully saturated rings. The summed E-state index contributed by atoms with van der Waals surface area (Å²) in [7, 11) is 1.67. The molecule has 4 heteroatoms. The van der Waals surface area contributed by atoms with Crippen LogP contribution in [0.4, 0.5) is 5.69 Å². The summed E-state index contributed by atoms with van der Waals surface area (Å²) in [5, 5.41) is 3.68. The summed E-state index contributed by atoms with van der Waals surface area (Å²) in [6, 6.07) is 4.49. The molecule has 1 N–H and O–H groups in total. The Morgan fingerprint density at radius 2 is 2.14 bits per heavy atom. The van der Waals surface area contributed by atoms with Crippen molar-refractivity contribution in [1.29, 1.82) is 0 Å². The number of rotatable bonds is 5. The van der Waals surface area contributed by atoms with Crippen molar-refractivity contribution < 1.29 is 9.47 Å².